The van der Waals surface area contributed by atoms with Crippen LogP contribution >= 0.6 is 0 Å². The van der Waals surface area contributed by atoms with Crippen LogP contribution in [0.2, 0.25) is 0 Å². The Labute approximate surface area is 156 Å². The van der Waals surface area contributed by atoms with Crippen LogP contribution in [0.15, 0.2) is 24.3 Å². The van der Waals surface area contributed by atoms with E-state index in [1.54, 1.807) is 0 Å². The quantitative estimate of drug-likeness (QED) is 0.487. The van der Waals surface area contributed by atoms with Crippen molar-refractivity contribution in [1.29, 1.82) is 0 Å². The van der Waals surface area contributed by atoms with Gasteiger partial charge < -0.3 is 17.1 Å². The molecular weight excluding hydrogens is 318 g/mol. The Balaban J connectivity index is 0.00000529. The Morgan fingerprint density at radius 3 is 2.04 bits per heavy atom. The lowest BCUT2D eigenvalue weighted by Gasteiger charge is -2.49. The molecule has 0 N–H and O–H groups in total. The molecular formula is C21H38ClNO. The zero-order valence-corrected chi connectivity index (χ0v) is 17.8. The van der Waals surface area contributed by atoms with E-state index >= 15 is 0 Å². The molecule has 140 valence electrons. The van der Waals surface area contributed by atoms with E-state index in [2.05, 4.69) is 79.9 Å². The van der Waals surface area contributed by atoms with E-state index in [0.717, 1.165) is 30.5 Å². The van der Waals surface area contributed by atoms with Crippen molar-refractivity contribution < 1.29 is 21.6 Å². The second-order valence-electron chi connectivity index (χ2n) is 8.07. The zero-order chi connectivity index (χ0) is 17.7. The highest BCUT2D eigenvalue weighted by molar-refractivity contribution is 5.32. The third kappa shape index (κ3) is 5.21. The Morgan fingerprint density at radius 2 is 1.58 bits per heavy atom. The molecule has 1 atom stereocenters. The number of quaternary nitrogens is 1. The van der Waals surface area contributed by atoms with Crippen molar-refractivity contribution in [2.24, 2.45) is 11.8 Å². The number of nitrogens with zero attached hydrogens (tertiary/aromatic N) is 1. The van der Waals surface area contributed by atoms with Gasteiger partial charge in [-0.2, -0.15) is 0 Å². The van der Waals surface area contributed by atoms with E-state index in [9.17, 15) is 0 Å². The first-order chi connectivity index (χ1) is 10.7. The lowest BCUT2D eigenvalue weighted by atomic mass is 9.84. The summed E-state index contributed by atoms with van der Waals surface area (Å²) in [5.74, 6) is 1.23. The lowest BCUT2D eigenvalue weighted by molar-refractivity contribution is -0.977. The van der Waals surface area contributed by atoms with E-state index in [1.165, 1.54) is 11.1 Å². The molecule has 0 spiro atoms. The van der Waals surface area contributed by atoms with Crippen molar-refractivity contribution in [3.63, 3.8) is 0 Å². The molecule has 0 saturated heterocycles. The molecule has 0 radical (unpaired) electrons. The molecule has 1 aromatic carbocycles. The van der Waals surface area contributed by atoms with Crippen LogP contribution in [0.4, 0.5) is 0 Å². The SMILES string of the molecule is CCOC(CC(C)C)(c1ccccc1CC(C)C)[N+](C)(C)CC.[Cl-]. The second kappa shape index (κ2) is 9.79. The molecule has 24 heavy (non-hydrogen) atoms. The number of hydrogen-bond donors (Lipinski definition) is 0. The maximum atomic E-state index is 6.58. The molecule has 2 nitrogen and oxygen atoms in total. The zero-order valence-electron chi connectivity index (χ0n) is 17.0. The van der Waals surface area contributed by atoms with Gasteiger partial charge in [0.05, 0.1) is 27.2 Å². The maximum absolute atomic E-state index is 6.58. The average molecular weight is 356 g/mol. The van der Waals surface area contributed by atoms with Gasteiger partial charge in [-0.15, -0.1) is 0 Å². The molecule has 0 aliphatic carbocycles. The second-order valence-corrected chi connectivity index (χ2v) is 8.07. The first-order valence-corrected chi connectivity index (χ1v) is 9.25. The van der Waals surface area contributed by atoms with Gasteiger partial charge in [-0.25, -0.2) is 0 Å². The molecule has 0 heterocycles. The summed E-state index contributed by atoms with van der Waals surface area (Å²) in [6.45, 7) is 15.4. The molecule has 1 rings (SSSR count). The van der Waals surface area contributed by atoms with Crippen molar-refractivity contribution in [2.75, 3.05) is 27.2 Å². The van der Waals surface area contributed by atoms with Gasteiger partial charge in [0, 0.05) is 12.0 Å². The topological polar surface area (TPSA) is 9.23 Å². The summed E-state index contributed by atoms with van der Waals surface area (Å²) in [6.07, 6.45) is 2.14. The van der Waals surface area contributed by atoms with Crippen LogP contribution in [0.3, 0.4) is 0 Å². The number of ether oxygens (including phenoxy) is 1. The molecule has 1 unspecified atom stereocenters. The predicted molar refractivity (Wildman–Crippen MR) is 100 cm³/mol. The fourth-order valence-electron chi connectivity index (χ4n) is 3.56. The summed E-state index contributed by atoms with van der Waals surface area (Å²) in [7, 11) is 4.62. The van der Waals surface area contributed by atoms with E-state index < -0.39 is 0 Å². The van der Waals surface area contributed by atoms with Gasteiger partial charge in [0.1, 0.15) is 0 Å². The van der Waals surface area contributed by atoms with Crippen molar-refractivity contribution in [3.8, 4) is 0 Å². The Morgan fingerprint density at radius 1 is 1.00 bits per heavy atom. The summed E-state index contributed by atoms with van der Waals surface area (Å²) in [5, 5.41) is 0. The number of benzene rings is 1. The minimum absolute atomic E-state index is 0. The predicted octanol–water partition coefficient (Wildman–Crippen LogP) is 2.22. The molecule has 1 aromatic rings. The van der Waals surface area contributed by atoms with Crippen molar-refractivity contribution in [2.45, 2.75) is 60.1 Å². The Bertz CT molecular complexity index is 484. The van der Waals surface area contributed by atoms with Gasteiger partial charge in [0.15, 0.2) is 0 Å². The highest BCUT2D eigenvalue weighted by Crippen LogP contribution is 2.41. The minimum Gasteiger partial charge on any atom is -1.00 e. The number of hydrogen-bond acceptors (Lipinski definition) is 1. The molecule has 0 saturated carbocycles. The monoisotopic (exact) mass is 355 g/mol. The highest BCUT2D eigenvalue weighted by Gasteiger charge is 2.49. The van der Waals surface area contributed by atoms with Crippen LogP contribution in [0.1, 0.15) is 59.1 Å². The van der Waals surface area contributed by atoms with Crippen LogP contribution in [0.25, 0.3) is 0 Å². The standard InChI is InChI=1S/C21H38NO.ClH/c1-9-22(7,8)21(23-10-2,16-18(5)6)20-14-12-11-13-19(20)15-17(3)4;/h11-14,17-18H,9-10,15-16H2,1-8H3;1H/q+1;/p-1. The van der Waals surface area contributed by atoms with Crippen LogP contribution in [0, 0.1) is 11.8 Å². The van der Waals surface area contributed by atoms with Crippen molar-refractivity contribution in [3.05, 3.63) is 35.4 Å². The third-order valence-corrected chi connectivity index (χ3v) is 4.90. The van der Waals surface area contributed by atoms with Crippen LogP contribution in [-0.4, -0.2) is 31.7 Å². The third-order valence-electron chi connectivity index (χ3n) is 4.90. The molecule has 0 aromatic heterocycles. The fraction of sp³-hybridized carbons (Fsp3) is 0.714. The Kier molecular flexibility index (Phi) is 9.56. The van der Waals surface area contributed by atoms with Crippen LogP contribution in [-0.2, 0) is 16.9 Å². The van der Waals surface area contributed by atoms with Crippen molar-refractivity contribution >= 4 is 0 Å². The Hall–Kier alpha value is -0.570. The number of halogens is 1. The van der Waals surface area contributed by atoms with Gasteiger partial charge in [0.2, 0.25) is 5.72 Å². The van der Waals surface area contributed by atoms with Gasteiger partial charge >= 0.3 is 0 Å². The van der Waals surface area contributed by atoms with Gasteiger partial charge in [-0.1, -0.05) is 45.9 Å². The largest absolute Gasteiger partial charge is 1.00 e. The van der Waals surface area contributed by atoms with E-state index in [-0.39, 0.29) is 18.1 Å². The molecule has 3 heteroatoms. The average Bonchev–Trinajstić information content (AvgIpc) is 2.46. The first-order valence-electron chi connectivity index (χ1n) is 9.25. The lowest BCUT2D eigenvalue weighted by Crippen LogP contribution is -3.00. The first kappa shape index (κ1) is 23.4. The summed E-state index contributed by atoms with van der Waals surface area (Å²) in [6, 6.07) is 8.92. The normalized spacial score (nSPS) is 14.6. The summed E-state index contributed by atoms with van der Waals surface area (Å²) in [4.78, 5) is 0. The molecule has 0 aliphatic heterocycles. The highest BCUT2D eigenvalue weighted by atomic mass is 35.5. The van der Waals surface area contributed by atoms with E-state index in [1.807, 2.05) is 0 Å². The van der Waals surface area contributed by atoms with Crippen LogP contribution in [0.5, 0.6) is 0 Å². The molecule has 0 amide bonds. The number of rotatable bonds is 9. The maximum Gasteiger partial charge on any atom is 0.230 e. The molecule has 0 aliphatic rings. The summed E-state index contributed by atoms with van der Waals surface area (Å²) in [5.41, 5.74) is 2.55. The fourth-order valence-corrected chi connectivity index (χ4v) is 3.56. The van der Waals surface area contributed by atoms with E-state index in [0.29, 0.717) is 11.8 Å². The van der Waals surface area contributed by atoms with Gasteiger partial charge in [0.25, 0.3) is 0 Å². The van der Waals surface area contributed by atoms with Gasteiger partial charge in [-0.05, 0) is 43.7 Å². The molecule has 0 fully saturated rings. The van der Waals surface area contributed by atoms with Gasteiger partial charge in [-0.3, -0.25) is 4.48 Å². The van der Waals surface area contributed by atoms with Crippen LogP contribution < -0.4 is 12.4 Å². The van der Waals surface area contributed by atoms with Crippen molar-refractivity contribution in [1.82, 2.24) is 0 Å². The summed E-state index contributed by atoms with van der Waals surface area (Å²) < 4.78 is 7.43. The molecule has 0 bridgehead atoms. The minimum atomic E-state index is -0.275. The summed E-state index contributed by atoms with van der Waals surface area (Å²) >= 11 is 0. The smallest absolute Gasteiger partial charge is 0.230 e. The van der Waals surface area contributed by atoms with E-state index in [4.69, 9.17) is 4.74 Å².